The fourth-order valence-corrected chi connectivity index (χ4v) is 2.50. The van der Waals surface area contributed by atoms with E-state index in [1.807, 2.05) is 42.5 Å². The van der Waals surface area contributed by atoms with E-state index >= 15 is 0 Å². The van der Waals surface area contributed by atoms with Gasteiger partial charge >= 0.3 is 0 Å². The van der Waals surface area contributed by atoms with Gasteiger partial charge < -0.3 is 9.47 Å². The van der Waals surface area contributed by atoms with Crippen molar-refractivity contribution in [3.05, 3.63) is 70.2 Å². The van der Waals surface area contributed by atoms with Gasteiger partial charge in [-0.3, -0.25) is 4.79 Å². The fourth-order valence-electron chi connectivity index (χ4n) is 1.94. The molecule has 0 bridgehead atoms. The first-order valence-electron chi connectivity index (χ1n) is 7.00. The first-order chi connectivity index (χ1) is 11.1. The smallest absolute Gasteiger partial charge is 0.178 e. The van der Waals surface area contributed by atoms with Crippen LogP contribution in [-0.2, 0) is 4.79 Å². The Balaban J connectivity index is 2.03. The van der Waals surface area contributed by atoms with E-state index in [0.717, 1.165) is 27.1 Å². The number of ketones is 1. The molecule has 3 nitrogen and oxygen atoms in total. The fraction of sp³-hybridized carbons (Fsp3) is 0.105. The molecule has 0 aliphatic heterocycles. The van der Waals surface area contributed by atoms with Crippen LogP contribution in [0.1, 0.15) is 11.1 Å². The van der Waals surface area contributed by atoms with Gasteiger partial charge in [0.05, 0.1) is 18.7 Å². The number of carbonyl (C=O) groups is 1. The number of halogens is 1. The van der Waals surface area contributed by atoms with Crippen LogP contribution in [-0.4, -0.2) is 20.0 Å². The molecular formula is C19H17BrO3. The van der Waals surface area contributed by atoms with E-state index in [-0.39, 0.29) is 5.78 Å². The summed E-state index contributed by atoms with van der Waals surface area (Å²) in [5.41, 5.74) is 1.83. The van der Waals surface area contributed by atoms with Crippen LogP contribution in [0.15, 0.2) is 59.1 Å². The van der Waals surface area contributed by atoms with E-state index in [4.69, 9.17) is 9.47 Å². The third kappa shape index (κ3) is 5.11. The molecule has 0 spiro atoms. The summed E-state index contributed by atoms with van der Waals surface area (Å²) in [6, 6.07) is 13.2. The van der Waals surface area contributed by atoms with Crippen LogP contribution in [0.4, 0.5) is 0 Å². The highest BCUT2D eigenvalue weighted by Crippen LogP contribution is 2.25. The molecule has 0 saturated heterocycles. The zero-order chi connectivity index (χ0) is 16.7. The monoisotopic (exact) mass is 372 g/mol. The molecule has 23 heavy (non-hydrogen) atoms. The molecule has 0 aliphatic carbocycles. The molecule has 0 fully saturated rings. The van der Waals surface area contributed by atoms with E-state index in [1.165, 1.54) is 12.2 Å². The second-order valence-electron chi connectivity index (χ2n) is 4.74. The van der Waals surface area contributed by atoms with Crippen LogP contribution in [0.3, 0.4) is 0 Å². The summed E-state index contributed by atoms with van der Waals surface area (Å²) in [5, 5.41) is 0. The maximum absolute atomic E-state index is 11.9. The second-order valence-corrected chi connectivity index (χ2v) is 5.59. The number of hydrogen-bond acceptors (Lipinski definition) is 3. The van der Waals surface area contributed by atoms with Gasteiger partial charge in [-0.15, -0.1) is 0 Å². The number of allylic oxidation sites excluding steroid dienone is 2. The number of carbonyl (C=O) groups excluding carboxylic acids is 1. The lowest BCUT2D eigenvalue weighted by molar-refractivity contribution is -0.110. The average molecular weight is 373 g/mol. The summed E-state index contributed by atoms with van der Waals surface area (Å²) in [7, 11) is 3.23. The van der Waals surface area contributed by atoms with Gasteiger partial charge in [0.2, 0.25) is 0 Å². The van der Waals surface area contributed by atoms with Gasteiger partial charge in [-0.25, -0.2) is 0 Å². The van der Waals surface area contributed by atoms with Crippen molar-refractivity contribution in [2.75, 3.05) is 14.2 Å². The van der Waals surface area contributed by atoms with Gasteiger partial charge in [-0.05, 0) is 63.5 Å². The molecule has 0 aromatic heterocycles. The van der Waals surface area contributed by atoms with Crippen molar-refractivity contribution in [1.29, 1.82) is 0 Å². The van der Waals surface area contributed by atoms with Crippen LogP contribution in [0.5, 0.6) is 11.5 Å². The van der Waals surface area contributed by atoms with Crippen LogP contribution in [0, 0.1) is 0 Å². The Kier molecular flexibility index (Phi) is 6.18. The molecule has 0 unspecified atom stereocenters. The summed E-state index contributed by atoms with van der Waals surface area (Å²) in [6.45, 7) is 0. The van der Waals surface area contributed by atoms with E-state index in [9.17, 15) is 4.79 Å². The van der Waals surface area contributed by atoms with Crippen molar-refractivity contribution in [3.63, 3.8) is 0 Å². The average Bonchev–Trinajstić information content (AvgIpc) is 2.58. The number of rotatable bonds is 6. The largest absolute Gasteiger partial charge is 0.497 e. The van der Waals surface area contributed by atoms with E-state index in [0.29, 0.717) is 0 Å². The van der Waals surface area contributed by atoms with Gasteiger partial charge in [0.15, 0.2) is 5.78 Å². The standard InChI is InChI=1S/C19H17BrO3/c1-22-17-5-3-4-14(12-17)6-9-16(21)10-7-15-8-11-19(23-2)18(20)13-15/h3-13H,1-2H3/b9-6+,10-7+. The van der Waals surface area contributed by atoms with Crippen LogP contribution in [0.2, 0.25) is 0 Å². The maximum Gasteiger partial charge on any atom is 0.178 e. The highest BCUT2D eigenvalue weighted by atomic mass is 79.9. The first-order valence-corrected chi connectivity index (χ1v) is 7.79. The summed E-state index contributed by atoms with van der Waals surface area (Å²) in [4.78, 5) is 11.9. The van der Waals surface area contributed by atoms with Crippen molar-refractivity contribution in [2.24, 2.45) is 0 Å². The third-order valence-electron chi connectivity index (χ3n) is 3.15. The topological polar surface area (TPSA) is 35.5 Å². The molecule has 0 aliphatic rings. The Hall–Kier alpha value is -2.33. The van der Waals surface area contributed by atoms with Gasteiger partial charge in [-0.1, -0.05) is 30.4 Å². The van der Waals surface area contributed by atoms with Gasteiger partial charge in [-0.2, -0.15) is 0 Å². The quantitative estimate of drug-likeness (QED) is 0.685. The Labute approximate surface area is 144 Å². The highest BCUT2D eigenvalue weighted by Gasteiger charge is 1.99. The number of ether oxygens (including phenoxy) is 2. The summed E-state index contributed by atoms with van der Waals surface area (Å²) < 4.78 is 11.2. The zero-order valence-electron chi connectivity index (χ0n) is 13.0. The predicted octanol–water partition coefficient (Wildman–Crippen LogP) is 4.76. The zero-order valence-corrected chi connectivity index (χ0v) is 14.5. The Morgan fingerprint density at radius 1 is 0.957 bits per heavy atom. The number of methoxy groups -OCH3 is 2. The minimum absolute atomic E-state index is 0.0836. The second kappa shape index (κ2) is 8.34. The van der Waals surface area contributed by atoms with Crippen molar-refractivity contribution in [1.82, 2.24) is 0 Å². The molecule has 2 aromatic rings. The lowest BCUT2D eigenvalue weighted by atomic mass is 10.1. The van der Waals surface area contributed by atoms with Gasteiger partial charge in [0.1, 0.15) is 11.5 Å². The first kappa shape index (κ1) is 17.0. The maximum atomic E-state index is 11.9. The summed E-state index contributed by atoms with van der Waals surface area (Å²) in [6.07, 6.45) is 6.59. The molecule has 118 valence electrons. The highest BCUT2D eigenvalue weighted by molar-refractivity contribution is 9.10. The van der Waals surface area contributed by atoms with Crippen molar-refractivity contribution >= 4 is 33.9 Å². The number of benzene rings is 2. The molecule has 0 amide bonds. The van der Waals surface area contributed by atoms with E-state index in [1.54, 1.807) is 26.4 Å². The molecule has 0 N–H and O–H groups in total. The van der Waals surface area contributed by atoms with Crippen molar-refractivity contribution in [2.45, 2.75) is 0 Å². The summed E-state index contributed by atoms with van der Waals surface area (Å²) >= 11 is 3.42. The molecule has 0 saturated carbocycles. The number of hydrogen-bond donors (Lipinski definition) is 0. The SMILES string of the molecule is COc1cccc(/C=C/C(=O)/C=C/c2ccc(OC)c(Br)c2)c1. The van der Waals surface area contributed by atoms with Crippen molar-refractivity contribution in [3.8, 4) is 11.5 Å². The van der Waals surface area contributed by atoms with Gasteiger partial charge in [0, 0.05) is 0 Å². The summed E-state index contributed by atoms with van der Waals surface area (Å²) in [5.74, 6) is 1.43. The van der Waals surface area contributed by atoms with Crippen LogP contribution >= 0.6 is 15.9 Å². The van der Waals surface area contributed by atoms with E-state index < -0.39 is 0 Å². The lowest BCUT2D eigenvalue weighted by Crippen LogP contribution is -1.87. The Bertz CT molecular complexity index is 748. The van der Waals surface area contributed by atoms with E-state index in [2.05, 4.69) is 15.9 Å². The molecule has 2 aromatic carbocycles. The minimum atomic E-state index is -0.0836. The molecule has 2 rings (SSSR count). The minimum Gasteiger partial charge on any atom is -0.497 e. The Morgan fingerprint density at radius 3 is 2.26 bits per heavy atom. The molecule has 0 heterocycles. The van der Waals surface area contributed by atoms with Crippen molar-refractivity contribution < 1.29 is 14.3 Å². The van der Waals surface area contributed by atoms with Crippen LogP contribution < -0.4 is 9.47 Å². The molecule has 0 radical (unpaired) electrons. The lowest BCUT2D eigenvalue weighted by Gasteiger charge is -2.03. The normalized spacial score (nSPS) is 11.1. The third-order valence-corrected chi connectivity index (χ3v) is 3.77. The Morgan fingerprint density at radius 2 is 1.65 bits per heavy atom. The predicted molar refractivity (Wildman–Crippen MR) is 96.8 cm³/mol. The molecular weight excluding hydrogens is 356 g/mol. The van der Waals surface area contributed by atoms with Gasteiger partial charge in [0.25, 0.3) is 0 Å². The molecule has 4 heteroatoms. The van der Waals surface area contributed by atoms with Crippen LogP contribution in [0.25, 0.3) is 12.2 Å². The molecule has 0 atom stereocenters.